The smallest absolute Gasteiger partial charge is 0.238 e. The van der Waals surface area contributed by atoms with Crippen molar-refractivity contribution in [3.05, 3.63) is 59.4 Å². The van der Waals surface area contributed by atoms with E-state index in [0.717, 1.165) is 11.1 Å². The Labute approximate surface area is 150 Å². The Morgan fingerprint density at radius 1 is 1.28 bits per heavy atom. The maximum absolute atomic E-state index is 14.3. The molecule has 1 aliphatic heterocycles. The summed E-state index contributed by atoms with van der Waals surface area (Å²) in [6.45, 7) is 3.66. The molecule has 1 heterocycles. The molecule has 130 valence electrons. The Hall–Kier alpha value is -2.34. The van der Waals surface area contributed by atoms with Gasteiger partial charge in [-0.3, -0.25) is 14.5 Å². The maximum Gasteiger partial charge on any atom is 0.238 e. The highest BCUT2D eigenvalue weighted by molar-refractivity contribution is 8.00. The van der Waals surface area contributed by atoms with Gasteiger partial charge in [0.2, 0.25) is 11.8 Å². The van der Waals surface area contributed by atoms with Crippen molar-refractivity contribution in [3.8, 4) is 0 Å². The number of nitrogens with one attached hydrogen (secondary N) is 1. The van der Waals surface area contributed by atoms with Crippen molar-refractivity contribution in [1.82, 2.24) is 0 Å². The molecule has 0 aliphatic carbocycles. The Bertz CT molecular complexity index is 808. The van der Waals surface area contributed by atoms with E-state index in [1.807, 2.05) is 19.1 Å². The first-order valence-electron chi connectivity index (χ1n) is 8.09. The van der Waals surface area contributed by atoms with Gasteiger partial charge in [-0.2, -0.15) is 0 Å². The predicted octanol–water partition coefficient (Wildman–Crippen LogP) is 4.26. The molecule has 0 aromatic heterocycles. The first-order chi connectivity index (χ1) is 12.0. The van der Waals surface area contributed by atoms with Gasteiger partial charge in [-0.1, -0.05) is 25.1 Å². The third-order valence-electron chi connectivity index (χ3n) is 4.03. The fraction of sp³-hybridized carbons (Fsp3) is 0.263. The van der Waals surface area contributed by atoms with Gasteiger partial charge >= 0.3 is 0 Å². The van der Waals surface area contributed by atoms with Gasteiger partial charge in [-0.05, 0) is 42.3 Å². The molecule has 1 fully saturated rings. The molecule has 1 aliphatic rings. The third-order valence-corrected chi connectivity index (χ3v) is 5.24. The van der Waals surface area contributed by atoms with Crippen LogP contribution in [0, 0.1) is 12.7 Å². The zero-order chi connectivity index (χ0) is 18.0. The van der Waals surface area contributed by atoms with Gasteiger partial charge in [-0.25, -0.2) is 4.39 Å². The van der Waals surface area contributed by atoms with Crippen LogP contribution in [0.2, 0.25) is 0 Å². The summed E-state index contributed by atoms with van der Waals surface area (Å²) in [5, 5.41) is 2.51. The van der Waals surface area contributed by atoms with Gasteiger partial charge in [0.1, 0.15) is 11.2 Å². The highest BCUT2D eigenvalue weighted by Gasteiger charge is 2.35. The molecule has 0 bridgehead atoms. The van der Waals surface area contributed by atoms with E-state index in [1.54, 1.807) is 31.2 Å². The van der Waals surface area contributed by atoms with E-state index in [4.69, 9.17) is 0 Å². The first-order valence-corrected chi connectivity index (χ1v) is 9.14. The number of carbonyl (C=O) groups excluding carboxylic acids is 2. The molecule has 0 spiro atoms. The summed E-state index contributed by atoms with van der Waals surface area (Å²) in [6, 6.07) is 12.1. The molecule has 4 nitrogen and oxygen atoms in total. The van der Waals surface area contributed by atoms with Crippen molar-refractivity contribution < 1.29 is 14.0 Å². The second-order valence-electron chi connectivity index (χ2n) is 5.91. The highest BCUT2D eigenvalue weighted by Crippen LogP contribution is 2.42. The third kappa shape index (κ3) is 3.69. The van der Waals surface area contributed by atoms with Crippen LogP contribution in [0.25, 0.3) is 0 Å². The van der Waals surface area contributed by atoms with Crippen molar-refractivity contribution in [1.29, 1.82) is 0 Å². The first kappa shape index (κ1) is 17.5. The van der Waals surface area contributed by atoms with E-state index in [2.05, 4.69) is 5.32 Å². The number of aryl methyl sites for hydroxylation is 1. The number of benzene rings is 2. The fourth-order valence-electron chi connectivity index (χ4n) is 2.72. The van der Waals surface area contributed by atoms with Crippen LogP contribution in [-0.4, -0.2) is 17.6 Å². The number of hydrogen-bond acceptors (Lipinski definition) is 3. The molecular weight excluding hydrogens is 339 g/mol. The molecule has 3 rings (SSSR count). The van der Waals surface area contributed by atoms with Gasteiger partial charge in [0, 0.05) is 12.1 Å². The summed E-state index contributed by atoms with van der Waals surface area (Å²) in [5.41, 5.74) is 2.81. The van der Waals surface area contributed by atoms with Gasteiger partial charge < -0.3 is 5.32 Å². The number of rotatable bonds is 4. The second-order valence-corrected chi connectivity index (χ2v) is 6.97. The average molecular weight is 358 g/mol. The second kappa shape index (κ2) is 7.27. The number of nitrogens with zero attached hydrogens (tertiary/aromatic N) is 1. The monoisotopic (exact) mass is 358 g/mol. The zero-order valence-corrected chi connectivity index (χ0v) is 14.9. The van der Waals surface area contributed by atoms with Crippen molar-refractivity contribution in [2.45, 2.75) is 25.6 Å². The fourth-order valence-corrected chi connectivity index (χ4v) is 3.89. The SMILES string of the molecule is CCC(=O)Nc1ccc([C@H]2SCC(=O)N2c2cc(C)ccc2F)cc1. The minimum Gasteiger partial charge on any atom is -0.326 e. The van der Waals surface area contributed by atoms with Crippen LogP contribution < -0.4 is 10.2 Å². The summed E-state index contributed by atoms with van der Waals surface area (Å²) in [7, 11) is 0. The number of amides is 2. The molecule has 1 atom stereocenters. The lowest BCUT2D eigenvalue weighted by atomic mass is 10.1. The summed E-state index contributed by atoms with van der Waals surface area (Å²) in [4.78, 5) is 25.3. The van der Waals surface area contributed by atoms with Crippen molar-refractivity contribution >= 4 is 35.0 Å². The highest BCUT2D eigenvalue weighted by atomic mass is 32.2. The van der Waals surface area contributed by atoms with Crippen LogP contribution in [0.4, 0.5) is 15.8 Å². The predicted molar refractivity (Wildman–Crippen MR) is 99.2 cm³/mol. The Kier molecular flexibility index (Phi) is 5.08. The molecule has 1 saturated heterocycles. The molecule has 2 aromatic rings. The average Bonchev–Trinajstić information content (AvgIpc) is 2.99. The van der Waals surface area contributed by atoms with Crippen molar-refractivity contribution in [2.24, 2.45) is 0 Å². The maximum atomic E-state index is 14.3. The Morgan fingerprint density at radius 3 is 2.68 bits per heavy atom. The van der Waals surface area contributed by atoms with Crippen molar-refractivity contribution in [3.63, 3.8) is 0 Å². The molecule has 2 aromatic carbocycles. The zero-order valence-electron chi connectivity index (χ0n) is 14.1. The lowest BCUT2D eigenvalue weighted by molar-refractivity contribution is -0.116. The lowest BCUT2D eigenvalue weighted by Gasteiger charge is -2.25. The Morgan fingerprint density at radius 2 is 2.00 bits per heavy atom. The quantitative estimate of drug-likeness (QED) is 0.888. The topological polar surface area (TPSA) is 49.4 Å². The summed E-state index contributed by atoms with van der Waals surface area (Å²) in [5.74, 6) is -0.255. The number of halogens is 1. The van der Waals surface area contributed by atoms with Crippen LogP contribution in [-0.2, 0) is 9.59 Å². The van der Waals surface area contributed by atoms with Crippen molar-refractivity contribution in [2.75, 3.05) is 16.0 Å². The van der Waals surface area contributed by atoms with Gasteiger partial charge in [0.25, 0.3) is 0 Å². The van der Waals surface area contributed by atoms with Gasteiger partial charge in [-0.15, -0.1) is 11.8 Å². The Balaban J connectivity index is 1.89. The number of hydrogen-bond donors (Lipinski definition) is 1. The number of thioether (sulfide) groups is 1. The lowest BCUT2D eigenvalue weighted by Crippen LogP contribution is -2.28. The van der Waals surface area contributed by atoms with Gasteiger partial charge in [0.15, 0.2) is 0 Å². The van der Waals surface area contributed by atoms with E-state index >= 15 is 0 Å². The summed E-state index contributed by atoms with van der Waals surface area (Å²) < 4.78 is 14.3. The molecule has 1 N–H and O–H groups in total. The van der Waals surface area contributed by atoms with Crippen LogP contribution in [0.15, 0.2) is 42.5 Å². The normalized spacial score (nSPS) is 17.0. The minimum atomic E-state index is -0.404. The van der Waals surface area contributed by atoms with E-state index in [-0.39, 0.29) is 17.2 Å². The largest absolute Gasteiger partial charge is 0.326 e. The minimum absolute atomic E-state index is 0.0540. The van der Waals surface area contributed by atoms with Crippen LogP contribution in [0.3, 0.4) is 0 Å². The molecule has 6 heteroatoms. The molecular formula is C19H19FN2O2S. The van der Waals surface area contributed by atoms with Gasteiger partial charge in [0.05, 0.1) is 11.4 Å². The summed E-state index contributed by atoms with van der Waals surface area (Å²) >= 11 is 1.47. The van der Waals surface area contributed by atoms with Crippen LogP contribution in [0.5, 0.6) is 0 Å². The van der Waals surface area contributed by atoms with E-state index in [9.17, 15) is 14.0 Å². The number of anilines is 2. The van der Waals surface area contributed by atoms with E-state index in [0.29, 0.717) is 23.5 Å². The molecule has 0 unspecified atom stereocenters. The molecule has 0 saturated carbocycles. The van der Waals surface area contributed by atoms with E-state index < -0.39 is 5.82 Å². The van der Waals surface area contributed by atoms with Crippen LogP contribution in [0.1, 0.15) is 29.8 Å². The molecule has 2 amide bonds. The van der Waals surface area contributed by atoms with E-state index in [1.165, 1.54) is 22.7 Å². The molecule has 0 radical (unpaired) electrons. The van der Waals surface area contributed by atoms with Crippen LogP contribution >= 0.6 is 11.8 Å². The standard InChI is InChI=1S/C19H19FN2O2S/c1-3-17(23)21-14-7-5-13(6-8-14)19-22(18(24)11-25-19)16-10-12(2)4-9-15(16)20/h4-10,19H,3,11H2,1-2H3,(H,21,23)/t19-/m1/s1. The summed E-state index contributed by atoms with van der Waals surface area (Å²) in [6.07, 6.45) is 0.412. The number of carbonyl (C=O) groups is 2. The molecule has 25 heavy (non-hydrogen) atoms.